The van der Waals surface area contributed by atoms with Gasteiger partial charge in [0.1, 0.15) is 18.0 Å². The molecule has 1 unspecified atom stereocenters. The summed E-state index contributed by atoms with van der Waals surface area (Å²) in [5.74, 6) is 0.599. The Morgan fingerprint density at radius 1 is 1.25 bits per heavy atom. The van der Waals surface area contributed by atoms with E-state index in [1.165, 1.54) is 0 Å². The molecule has 1 saturated carbocycles. The summed E-state index contributed by atoms with van der Waals surface area (Å²) >= 11 is 0. The molecule has 0 spiro atoms. The summed E-state index contributed by atoms with van der Waals surface area (Å²) in [6, 6.07) is 7.61. The Bertz CT molecular complexity index is 617. The van der Waals surface area contributed by atoms with Crippen LogP contribution in [0.1, 0.15) is 31.2 Å². The molecule has 24 heavy (non-hydrogen) atoms. The summed E-state index contributed by atoms with van der Waals surface area (Å²) in [5, 5.41) is 20.6. The number of fused-ring (bicyclic) bond motifs is 2. The molecule has 2 fully saturated rings. The fraction of sp³-hybridized carbons (Fsp3) is 0.611. The molecular weight excluding hydrogens is 312 g/mol. The van der Waals surface area contributed by atoms with Crippen molar-refractivity contribution >= 4 is 5.97 Å². The van der Waals surface area contributed by atoms with Crippen molar-refractivity contribution in [3.63, 3.8) is 0 Å². The van der Waals surface area contributed by atoms with Gasteiger partial charge in [0, 0.05) is 17.9 Å². The van der Waals surface area contributed by atoms with Crippen LogP contribution in [0.3, 0.4) is 0 Å². The first-order valence-corrected chi connectivity index (χ1v) is 8.53. The number of aliphatic hydroxyl groups excluding tert-OH is 2. The maximum atomic E-state index is 11.4. The van der Waals surface area contributed by atoms with Crippen LogP contribution >= 0.6 is 0 Å². The minimum atomic E-state index is -0.775. The minimum Gasteiger partial charge on any atom is -0.462 e. The molecule has 6 nitrogen and oxygen atoms in total. The van der Waals surface area contributed by atoms with Crippen molar-refractivity contribution < 1.29 is 29.2 Å². The van der Waals surface area contributed by atoms with E-state index in [4.69, 9.17) is 14.2 Å². The van der Waals surface area contributed by atoms with Gasteiger partial charge in [-0.3, -0.25) is 4.79 Å². The second kappa shape index (κ2) is 6.35. The summed E-state index contributed by atoms with van der Waals surface area (Å²) in [6.45, 7) is 0.414. The Labute approximate surface area is 140 Å². The van der Waals surface area contributed by atoms with E-state index in [1.807, 2.05) is 24.3 Å². The zero-order chi connectivity index (χ0) is 16.7. The molecule has 0 amide bonds. The van der Waals surface area contributed by atoms with Crippen LogP contribution in [0.4, 0.5) is 0 Å². The van der Waals surface area contributed by atoms with Crippen molar-refractivity contribution in [3.05, 3.63) is 29.8 Å². The molecular formula is C18H22O6. The highest BCUT2D eigenvalue weighted by atomic mass is 16.7. The molecule has 2 heterocycles. The van der Waals surface area contributed by atoms with Crippen LogP contribution in [0.25, 0.3) is 0 Å². The number of ether oxygens (including phenoxy) is 3. The summed E-state index contributed by atoms with van der Waals surface area (Å²) in [7, 11) is 0. The van der Waals surface area contributed by atoms with Gasteiger partial charge >= 0.3 is 5.97 Å². The first kappa shape index (κ1) is 15.9. The van der Waals surface area contributed by atoms with Crippen LogP contribution in [-0.4, -0.2) is 40.8 Å². The van der Waals surface area contributed by atoms with Gasteiger partial charge in [-0.2, -0.15) is 0 Å². The van der Waals surface area contributed by atoms with Crippen molar-refractivity contribution in [2.45, 2.75) is 56.9 Å². The molecule has 1 aromatic rings. The number of benzene rings is 1. The van der Waals surface area contributed by atoms with Crippen LogP contribution in [0.5, 0.6) is 5.75 Å². The summed E-state index contributed by atoms with van der Waals surface area (Å²) in [6.07, 6.45) is -0.180. The van der Waals surface area contributed by atoms with Gasteiger partial charge in [-0.05, 0) is 24.8 Å². The quantitative estimate of drug-likeness (QED) is 0.809. The van der Waals surface area contributed by atoms with Crippen molar-refractivity contribution in [3.8, 4) is 5.75 Å². The molecule has 6 atom stereocenters. The largest absolute Gasteiger partial charge is 0.462 e. The lowest BCUT2D eigenvalue weighted by Gasteiger charge is -2.30. The number of aliphatic hydroxyl groups is 2. The van der Waals surface area contributed by atoms with Crippen LogP contribution in [0.2, 0.25) is 0 Å². The number of rotatable bonds is 4. The third kappa shape index (κ3) is 2.90. The van der Waals surface area contributed by atoms with Gasteiger partial charge in [-0.15, -0.1) is 0 Å². The average Bonchev–Trinajstić information content (AvgIpc) is 3.07. The lowest BCUT2D eigenvalue weighted by atomic mass is 9.87. The maximum absolute atomic E-state index is 11.4. The van der Waals surface area contributed by atoms with Crippen LogP contribution < -0.4 is 4.74 Å². The van der Waals surface area contributed by atoms with Crippen LogP contribution in [0, 0.1) is 11.8 Å². The van der Waals surface area contributed by atoms with E-state index in [1.54, 1.807) is 0 Å². The Balaban J connectivity index is 1.34. The number of carbonyl (C=O) groups is 1. The SMILES string of the molecule is O=C1C[C@@H]2[C@@H](CC[C@H](O)C3OCc4ccccc4O3)[C@H](O)C[C@@H]2O1. The molecule has 0 aromatic heterocycles. The molecule has 1 saturated heterocycles. The summed E-state index contributed by atoms with van der Waals surface area (Å²) < 4.78 is 16.6. The fourth-order valence-corrected chi connectivity index (χ4v) is 4.14. The third-order valence-corrected chi connectivity index (χ3v) is 5.41. The molecule has 1 aromatic carbocycles. The first-order chi connectivity index (χ1) is 11.6. The Kier molecular flexibility index (Phi) is 4.20. The van der Waals surface area contributed by atoms with Gasteiger partial charge in [-0.1, -0.05) is 18.2 Å². The Hall–Kier alpha value is -1.63. The summed E-state index contributed by atoms with van der Waals surface area (Å²) in [5.41, 5.74) is 0.969. The highest BCUT2D eigenvalue weighted by molar-refractivity contribution is 5.72. The standard InChI is InChI=1S/C18H22O6/c19-13(18-22-9-10-3-1-2-4-15(10)24-18)6-5-11-12-7-17(21)23-16(12)8-14(11)20/h1-4,11-14,16,18-20H,5-9H2/t11-,12-,13+,14-,16+,18?/m1/s1. The van der Waals surface area contributed by atoms with Gasteiger partial charge in [0.15, 0.2) is 0 Å². The Morgan fingerprint density at radius 3 is 2.96 bits per heavy atom. The average molecular weight is 334 g/mol. The summed E-state index contributed by atoms with van der Waals surface area (Å²) in [4.78, 5) is 11.4. The van der Waals surface area contributed by atoms with Gasteiger partial charge in [0.05, 0.1) is 19.1 Å². The molecule has 2 N–H and O–H groups in total. The molecule has 1 aliphatic carbocycles. The number of carbonyl (C=O) groups excluding carboxylic acids is 1. The molecule has 0 radical (unpaired) electrons. The number of hydrogen-bond acceptors (Lipinski definition) is 6. The molecule has 3 aliphatic rings. The van der Waals surface area contributed by atoms with Crippen molar-refractivity contribution in [2.75, 3.05) is 0 Å². The predicted molar refractivity (Wildman–Crippen MR) is 83.0 cm³/mol. The molecule has 4 rings (SSSR count). The van der Waals surface area contributed by atoms with E-state index in [2.05, 4.69) is 0 Å². The normalized spacial score (nSPS) is 35.8. The molecule has 0 bridgehead atoms. The fourth-order valence-electron chi connectivity index (χ4n) is 4.14. The monoisotopic (exact) mass is 334 g/mol. The lowest BCUT2D eigenvalue weighted by molar-refractivity contribution is -0.168. The molecule has 2 aliphatic heterocycles. The molecule has 6 heteroatoms. The van der Waals surface area contributed by atoms with E-state index in [-0.39, 0.29) is 23.9 Å². The van der Waals surface area contributed by atoms with Crippen LogP contribution in [-0.2, 0) is 20.9 Å². The van der Waals surface area contributed by atoms with E-state index in [0.29, 0.717) is 32.3 Å². The third-order valence-electron chi connectivity index (χ3n) is 5.41. The maximum Gasteiger partial charge on any atom is 0.306 e. The number of hydrogen-bond donors (Lipinski definition) is 2. The second-order valence-corrected chi connectivity index (χ2v) is 6.91. The van der Waals surface area contributed by atoms with E-state index in [9.17, 15) is 15.0 Å². The smallest absolute Gasteiger partial charge is 0.306 e. The van der Waals surface area contributed by atoms with Gasteiger partial charge in [0.25, 0.3) is 0 Å². The van der Waals surface area contributed by atoms with Crippen molar-refractivity contribution in [2.24, 2.45) is 11.8 Å². The Morgan fingerprint density at radius 2 is 2.08 bits per heavy atom. The topological polar surface area (TPSA) is 85.2 Å². The highest BCUT2D eigenvalue weighted by Gasteiger charge is 2.49. The number of para-hydroxylation sites is 1. The zero-order valence-corrected chi connectivity index (χ0v) is 13.3. The van der Waals surface area contributed by atoms with Crippen molar-refractivity contribution in [1.29, 1.82) is 0 Å². The van der Waals surface area contributed by atoms with E-state index < -0.39 is 18.5 Å². The van der Waals surface area contributed by atoms with E-state index >= 15 is 0 Å². The number of esters is 1. The zero-order valence-electron chi connectivity index (χ0n) is 13.3. The predicted octanol–water partition coefficient (Wildman–Crippen LogP) is 1.38. The van der Waals surface area contributed by atoms with Crippen LogP contribution in [0.15, 0.2) is 24.3 Å². The highest BCUT2D eigenvalue weighted by Crippen LogP contribution is 2.43. The first-order valence-electron chi connectivity index (χ1n) is 8.53. The van der Waals surface area contributed by atoms with E-state index in [0.717, 1.165) is 11.3 Å². The lowest BCUT2D eigenvalue weighted by Crippen LogP contribution is -2.37. The second-order valence-electron chi connectivity index (χ2n) is 6.91. The molecule has 130 valence electrons. The van der Waals surface area contributed by atoms with Gasteiger partial charge < -0.3 is 24.4 Å². The van der Waals surface area contributed by atoms with Gasteiger partial charge in [-0.25, -0.2) is 0 Å². The van der Waals surface area contributed by atoms with Gasteiger partial charge in [0.2, 0.25) is 6.29 Å². The van der Waals surface area contributed by atoms with Crippen molar-refractivity contribution in [1.82, 2.24) is 0 Å². The minimum absolute atomic E-state index is 0.0213.